The zero-order chi connectivity index (χ0) is 19.2. The van der Waals surface area contributed by atoms with Gasteiger partial charge in [-0.1, -0.05) is 47.3 Å². The van der Waals surface area contributed by atoms with Crippen LogP contribution in [0.3, 0.4) is 0 Å². The smallest absolute Gasteiger partial charge is 0.870 e. The third-order valence-electron chi connectivity index (χ3n) is 3.72. The van der Waals surface area contributed by atoms with Gasteiger partial charge in [0.2, 0.25) is 0 Å². The van der Waals surface area contributed by atoms with Crippen LogP contribution in [0.1, 0.15) is 80.6 Å². The third-order valence-corrected chi connectivity index (χ3v) is 3.72. The number of carbonyl (C=O) groups excluding carboxylic acids is 1. The average molecular weight is 399 g/mol. The van der Waals surface area contributed by atoms with E-state index in [0.29, 0.717) is 19.4 Å². The van der Waals surface area contributed by atoms with E-state index in [-0.39, 0.29) is 60.5 Å². The Balaban J connectivity index is -0.0000000764. The molecule has 164 valence electrons. The predicted molar refractivity (Wildman–Crippen MR) is 112 cm³/mol. The van der Waals surface area contributed by atoms with Crippen LogP contribution in [0, 0.1) is 10.8 Å². The number of esters is 1. The van der Waals surface area contributed by atoms with Crippen molar-refractivity contribution in [1.29, 1.82) is 0 Å². The van der Waals surface area contributed by atoms with E-state index >= 15 is 0 Å². The summed E-state index contributed by atoms with van der Waals surface area (Å²) in [5.74, 6) is -0.818. The van der Waals surface area contributed by atoms with E-state index in [1.54, 1.807) is 0 Å². The minimum atomic E-state index is -0.720. The van der Waals surface area contributed by atoms with Gasteiger partial charge in [-0.25, -0.2) is 0 Å². The van der Waals surface area contributed by atoms with Gasteiger partial charge in [0.25, 0.3) is 0 Å². The number of carboxylic acid groups (broad SMARTS) is 1. The summed E-state index contributed by atoms with van der Waals surface area (Å²) in [6.07, 6.45) is 7.88. The van der Waals surface area contributed by atoms with Gasteiger partial charge in [-0.15, -0.1) is 13.2 Å². The van der Waals surface area contributed by atoms with Crippen molar-refractivity contribution < 1.29 is 49.2 Å². The Hall–Kier alpha value is -1.06. The summed E-state index contributed by atoms with van der Waals surface area (Å²) in [5, 5.41) is 8.42. The Morgan fingerprint density at radius 1 is 0.964 bits per heavy atom. The molecule has 0 saturated heterocycles. The SMILES string of the molecule is C.C=CCC(C)(C)CCC(=O)O.C=CCC(C)(C)CCC(=O)OCC.O.[Li+].[OH-]. The number of hydrogen-bond donors (Lipinski definition) is 1. The summed E-state index contributed by atoms with van der Waals surface area (Å²) in [6.45, 7) is 18.0. The first-order valence-electron chi connectivity index (χ1n) is 8.59. The van der Waals surface area contributed by atoms with Gasteiger partial charge in [-0.2, -0.15) is 0 Å². The van der Waals surface area contributed by atoms with Crippen molar-refractivity contribution in [2.75, 3.05) is 6.61 Å². The Morgan fingerprint density at radius 3 is 1.61 bits per heavy atom. The van der Waals surface area contributed by atoms with E-state index in [4.69, 9.17) is 9.84 Å². The molecule has 6 nitrogen and oxygen atoms in total. The van der Waals surface area contributed by atoms with Crippen LogP contribution in [-0.2, 0) is 14.3 Å². The molecule has 0 aromatic heterocycles. The summed E-state index contributed by atoms with van der Waals surface area (Å²) in [7, 11) is 0. The number of hydrogen-bond acceptors (Lipinski definition) is 4. The monoisotopic (exact) mass is 398 g/mol. The molecule has 0 aliphatic heterocycles. The first kappa shape index (κ1) is 41.3. The Morgan fingerprint density at radius 2 is 1.32 bits per heavy atom. The van der Waals surface area contributed by atoms with Crippen molar-refractivity contribution in [3.05, 3.63) is 25.3 Å². The molecule has 0 radical (unpaired) electrons. The second kappa shape index (κ2) is 22.2. The Bertz CT molecular complexity index is 406. The van der Waals surface area contributed by atoms with Gasteiger partial charge in [-0.3, -0.25) is 9.59 Å². The fraction of sp³-hybridized carbons (Fsp3) is 0.714. The standard InChI is InChI=1S/C11H20O2.C9H16O2.CH4.Li.2H2O/c1-5-8-11(3,4)9-7-10(12)13-6-2;1-4-6-9(2,3)7-5-8(10)11;;;;/h5H,1,6-9H2,2-4H3;4H,1,5-7H2,2-3H3,(H,10,11);1H4;;2*1H2/q;;;+1;;/p-1. The van der Waals surface area contributed by atoms with Gasteiger partial charge in [0.15, 0.2) is 0 Å². The molecule has 0 spiro atoms. The molecule has 0 unspecified atom stereocenters. The van der Waals surface area contributed by atoms with E-state index in [1.165, 1.54) is 0 Å². The maximum Gasteiger partial charge on any atom is 1.00 e. The van der Waals surface area contributed by atoms with Crippen molar-refractivity contribution in [2.45, 2.75) is 80.6 Å². The Labute approximate surface area is 184 Å². The van der Waals surface area contributed by atoms with Crippen molar-refractivity contribution in [3.63, 3.8) is 0 Å². The molecular formula is C21H43LiO6. The topological polar surface area (TPSA) is 125 Å². The first-order valence-corrected chi connectivity index (χ1v) is 8.59. The fourth-order valence-corrected chi connectivity index (χ4v) is 2.10. The Kier molecular flexibility index (Phi) is 32.8. The number of allylic oxidation sites excluding steroid dienone is 2. The van der Waals surface area contributed by atoms with Crippen molar-refractivity contribution >= 4 is 11.9 Å². The molecule has 0 aromatic rings. The summed E-state index contributed by atoms with van der Waals surface area (Å²) in [4.78, 5) is 21.3. The van der Waals surface area contributed by atoms with E-state index in [1.807, 2.05) is 19.1 Å². The van der Waals surface area contributed by atoms with Crippen LogP contribution in [0.5, 0.6) is 0 Å². The van der Waals surface area contributed by atoms with Crippen molar-refractivity contribution in [1.82, 2.24) is 0 Å². The fourth-order valence-electron chi connectivity index (χ4n) is 2.10. The molecule has 7 heteroatoms. The molecule has 0 saturated carbocycles. The second-order valence-electron chi connectivity index (χ2n) is 7.51. The zero-order valence-corrected chi connectivity index (χ0v) is 18.1. The quantitative estimate of drug-likeness (QED) is 0.324. The minimum Gasteiger partial charge on any atom is -0.870 e. The molecule has 0 heterocycles. The van der Waals surface area contributed by atoms with Crippen molar-refractivity contribution in [2.24, 2.45) is 10.8 Å². The molecule has 0 aliphatic carbocycles. The average Bonchev–Trinajstić information content (AvgIpc) is 2.44. The molecule has 4 N–H and O–H groups in total. The molecule has 0 aromatic carbocycles. The van der Waals surface area contributed by atoms with E-state index < -0.39 is 5.97 Å². The third kappa shape index (κ3) is 29.7. The van der Waals surface area contributed by atoms with Crippen molar-refractivity contribution in [3.8, 4) is 0 Å². The van der Waals surface area contributed by atoms with Gasteiger partial charge in [-0.05, 0) is 43.4 Å². The van der Waals surface area contributed by atoms with Crippen LogP contribution in [0.2, 0.25) is 0 Å². The van der Waals surface area contributed by atoms with Gasteiger partial charge in [0.1, 0.15) is 0 Å². The zero-order valence-electron chi connectivity index (χ0n) is 18.1. The maximum absolute atomic E-state index is 11.0. The molecule has 0 amide bonds. The minimum absolute atomic E-state index is 0. The van der Waals surface area contributed by atoms with Gasteiger partial charge < -0.3 is 20.8 Å². The van der Waals surface area contributed by atoms with Crippen LogP contribution >= 0.6 is 0 Å². The van der Waals surface area contributed by atoms with E-state index in [2.05, 4.69) is 40.9 Å². The molecule has 28 heavy (non-hydrogen) atoms. The molecule has 0 bridgehead atoms. The number of carboxylic acids is 1. The van der Waals surface area contributed by atoms with Gasteiger partial charge in [0, 0.05) is 12.8 Å². The van der Waals surface area contributed by atoms with Crippen LogP contribution < -0.4 is 18.9 Å². The summed E-state index contributed by atoms with van der Waals surface area (Å²) < 4.78 is 4.85. The number of aliphatic carboxylic acids is 1. The van der Waals surface area contributed by atoms with Gasteiger partial charge >= 0.3 is 30.8 Å². The normalized spacial score (nSPS) is 9.46. The first-order chi connectivity index (χ1) is 11.0. The van der Waals surface area contributed by atoms with E-state index in [9.17, 15) is 9.59 Å². The number of ether oxygens (including phenoxy) is 1. The van der Waals surface area contributed by atoms with Gasteiger partial charge in [0.05, 0.1) is 6.61 Å². The number of rotatable bonds is 11. The molecule has 0 fully saturated rings. The second-order valence-corrected chi connectivity index (χ2v) is 7.51. The van der Waals surface area contributed by atoms with Crippen LogP contribution in [0.4, 0.5) is 0 Å². The summed E-state index contributed by atoms with van der Waals surface area (Å²) in [6, 6.07) is 0. The van der Waals surface area contributed by atoms with Crippen LogP contribution in [-0.4, -0.2) is 34.6 Å². The largest absolute Gasteiger partial charge is 1.00 e. The molecule has 0 atom stereocenters. The number of carbonyl (C=O) groups is 2. The predicted octanol–water partition coefficient (Wildman–Crippen LogP) is 2.02. The summed E-state index contributed by atoms with van der Waals surface area (Å²) >= 11 is 0. The van der Waals surface area contributed by atoms with Crippen LogP contribution in [0.15, 0.2) is 25.3 Å². The maximum atomic E-state index is 11.0. The van der Waals surface area contributed by atoms with Crippen LogP contribution in [0.25, 0.3) is 0 Å². The van der Waals surface area contributed by atoms with E-state index in [0.717, 1.165) is 19.3 Å². The molecule has 0 aliphatic rings. The molecular weight excluding hydrogens is 355 g/mol. The molecule has 0 rings (SSSR count). The summed E-state index contributed by atoms with van der Waals surface area (Å²) in [5.41, 5.74) is 0.245.